The Morgan fingerprint density at radius 1 is 1.23 bits per heavy atom. The number of thiazole rings is 1. The van der Waals surface area contributed by atoms with Crippen LogP contribution < -0.4 is 5.32 Å². The van der Waals surface area contributed by atoms with E-state index in [4.69, 9.17) is 4.42 Å². The summed E-state index contributed by atoms with van der Waals surface area (Å²) < 4.78 is 42.5. The summed E-state index contributed by atoms with van der Waals surface area (Å²) in [5, 5.41) is 5.07. The number of nitrogens with one attached hydrogen (secondary N) is 1. The summed E-state index contributed by atoms with van der Waals surface area (Å²) in [5.41, 5.74) is 0.924. The van der Waals surface area contributed by atoms with Crippen molar-refractivity contribution in [3.8, 4) is 10.8 Å². The summed E-state index contributed by atoms with van der Waals surface area (Å²) >= 11 is 1.99. The minimum Gasteiger partial charge on any atom is -0.462 e. The SMILES string of the molecule is O=C(Cc1csc(-c2ccco2)n1)Nc1ccccc1SCC(F)(F)F. The number of rotatable bonds is 6. The fourth-order valence-corrected chi connectivity index (χ4v) is 3.67. The third-order valence-electron chi connectivity index (χ3n) is 3.18. The standard InChI is InChI=1S/C17H13F3N2O2S2/c18-17(19,20)10-26-14-6-2-1-4-12(14)22-15(23)8-11-9-25-16(21-11)13-5-3-7-24-13/h1-7,9H,8,10H2,(H,22,23). The Morgan fingerprint density at radius 2 is 2.04 bits per heavy atom. The van der Waals surface area contributed by atoms with Crippen LogP contribution in [0.15, 0.2) is 57.4 Å². The summed E-state index contributed by atoms with van der Waals surface area (Å²) in [6.07, 6.45) is -2.71. The topological polar surface area (TPSA) is 55.1 Å². The number of furan rings is 1. The number of carbonyl (C=O) groups is 1. The van der Waals surface area contributed by atoms with Crippen molar-refractivity contribution in [1.29, 1.82) is 0 Å². The second-order valence-electron chi connectivity index (χ2n) is 5.25. The molecule has 0 aliphatic carbocycles. The largest absolute Gasteiger partial charge is 0.462 e. The Balaban J connectivity index is 1.63. The van der Waals surface area contributed by atoms with E-state index in [-0.39, 0.29) is 12.3 Å². The van der Waals surface area contributed by atoms with Crippen molar-refractivity contribution in [1.82, 2.24) is 4.98 Å². The molecule has 0 aliphatic heterocycles. The van der Waals surface area contributed by atoms with Crippen LogP contribution in [0.5, 0.6) is 0 Å². The van der Waals surface area contributed by atoms with Crippen molar-refractivity contribution >= 4 is 34.7 Å². The quantitative estimate of drug-likeness (QED) is 0.577. The predicted molar refractivity (Wildman–Crippen MR) is 95.4 cm³/mol. The van der Waals surface area contributed by atoms with E-state index < -0.39 is 11.9 Å². The van der Waals surface area contributed by atoms with Crippen molar-refractivity contribution < 1.29 is 22.4 Å². The number of nitrogens with zero attached hydrogens (tertiary/aromatic N) is 1. The van der Waals surface area contributed by atoms with Crippen LogP contribution in [-0.2, 0) is 11.2 Å². The van der Waals surface area contributed by atoms with Crippen molar-refractivity contribution in [3.05, 3.63) is 53.7 Å². The minimum absolute atomic E-state index is 0.0233. The summed E-state index contributed by atoms with van der Waals surface area (Å²) in [6.45, 7) is 0. The Bertz CT molecular complexity index is 876. The molecule has 0 saturated carbocycles. The van der Waals surface area contributed by atoms with Crippen LogP contribution in [0.25, 0.3) is 10.8 Å². The molecule has 4 nitrogen and oxygen atoms in total. The maximum Gasteiger partial charge on any atom is 0.398 e. The molecule has 136 valence electrons. The van der Waals surface area contributed by atoms with Crippen molar-refractivity contribution in [3.63, 3.8) is 0 Å². The van der Waals surface area contributed by atoms with Gasteiger partial charge in [-0.25, -0.2) is 4.98 Å². The van der Waals surface area contributed by atoms with Crippen LogP contribution >= 0.6 is 23.1 Å². The van der Waals surface area contributed by atoms with E-state index >= 15 is 0 Å². The average Bonchev–Trinajstić information content (AvgIpc) is 3.24. The summed E-state index contributed by atoms with van der Waals surface area (Å²) in [6, 6.07) is 9.93. The molecule has 1 aromatic carbocycles. The molecule has 26 heavy (non-hydrogen) atoms. The van der Waals surface area contributed by atoms with Gasteiger partial charge in [0, 0.05) is 10.3 Å². The number of hydrogen-bond donors (Lipinski definition) is 1. The van der Waals surface area contributed by atoms with Gasteiger partial charge in [-0.1, -0.05) is 12.1 Å². The van der Waals surface area contributed by atoms with E-state index in [1.54, 1.807) is 48.0 Å². The van der Waals surface area contributed by atoms with Gasteiger partial charge >= 0.3 is 6.18 Å². The molecule has 3 aromatic rings. The molecular weight excluding hydrogens is 385 g/mol. The second kappa shape index (κ2) is 7.96. The zero-order valence-corrected chi connectivity index (χ0v) is 14.9. The summed E-state index contributed by atoms with van der Waals surface area (Å²) in [4.78, 5) is 16.9. The van der Waals surface area contributed by atoms with Crippen molar-refractivity contribution in [2.45, 2.75) is 17.5 Å². The molecule has 0 saturated heterocycles. The van der Waals surface area contributed by atoms with Gasteiger partial charge in [0.2, 0.25) is 5.91 Å². The Morgan fingerprint density at radius 3 is 2.77 bits per heavy atom. The smallest absolute Gasteiger partial charge is 0.398 e. The highest BCUT2D eigenvalue weighted by Gasteiger charge is 2.27. The minimum atomic E-state index is -4.27. The number of aromatic nitrogens is 1. The number of amides is 1. The number of para-hydroxylation sites is 1. The first-order chi connectivity index (χ1) is 12.4. The maximum atomic E-state index is 12.4. The van der Waals surface area contributed by atoms with Gasteiger partial charge in [0.15, 0.2) is 10.8 Å². The lowest BCUT2D eigenvalue weighted by atomic mass is 10.3. The zero-order valence-electron chi connectivity index (χ0n) is 13.2. The lowest BCUT2D eigenvalue weighted by molar-refractivity contribution is -0.115. The third-order valence-corrected chi connectivity index (χ3v) is 5.22. The second-order valence-corrected chi connectivity index (χ2v) is 7.12. The normalized spacial score (nSPS) is 11.5. The van der Waals surface area contributed by atoms with Crippen molar-refractivity contribution in [2.24, 2.45) is 0 Å². The number of benzene rings is 1. The number of thioether (sulfide) groups is 1. The number of hydrogen-bond acceptors (Lipinski definition) is 5. The van der Waals surface area contributed by atoms with E-state index in [1.807, 2.05) is 0 Å². The summed E-state index contributed by atoms with van der Waals surface area (Å²) in [5.74, 6) is -0.740. The fourth-order valence-electron chi connectivity index (χ4n) is 2.12. The van der Waals surface area contributed by atoms with Gasteiger partial charge in [-0.2, -0.15) is 13.2 Å². The molecule has 1 N–H and O–H groups in total. The van der Waals surface area contributed by atoms with Crippen LogP contribution in [0.2, 0.25) is 0 Å². The molecule has 0 unspecified atom stereocenters. The molecule has 1 amide bonds. The summed E-state index contributed by atoms with van der Waals surface area (Å²) in [7, 11) is 0. The molecule has 3 rings (SSSR count). The lowest BCUT2D eigenvalue weighted by Crippen LogP contribution is -2.16. The molecule has 0 aliphatic rings. The number of anilines is 1. The predicted octanol–water partition coefficient (Wildman–Crippen LogP) is 5.24. The fraction of sp³-hybridized carbons (Fsp3) is 0.176. The first kappa shape index (κ1) is 18.5. The number of alkyl halides is 3. The molecule has 0 atom stereocenters. The Kier molecular flexibility index (Phi) is 5.67. The number of carbonyl (C=O) groups excluding carboxylic acids is 1. The van der Waals surface area contributed by atoms with Gasteiger partial charge in [0.25, 0.3) is 0 Å². The van der Waals surface area contributed by atoms with Gasteiger partial charge < -0.3 is 9.73 Å². The molecule has 0 radical (unpaired) electrons. The van der Waals surface area contributed by atoms with Crippen LogP contribution in [0.3, 0.4) is 0 Å². The van der Waals surface area contributed by atoms with E-state index in [0.717, 1.165) is 0 Å². The zero-order chi connectivity index (χ0) is 18.6. The van der Waals surface area contributed by atoms with E-state index in [0.29, 0.717) is 38.8 Å². The van der Waals surface area contributed by atoms with Gasteiger partial charge in [0.1, 0.15) is 0 Å². The highest BCUT2D eigenvalue weighted by atomic mass is 32.2. The highest BCUT2D eigenvalue weighted by molar-refractivity contribution is 7.99. The lowest BCUT2D eigenvalue weighted by Gasteiger charge is -2.11. The molecular formula is C17H13F3N2O2S2. The van der Waals surface area contributed by atoms with Crippen LogP contribution in [0, 0.1) is 0 Å². The van der Waals surface area contributed by atoms with Crippen molar-refractivity contribution in [2.75, 3.05) is 11.1 Å². The van der Waals surface area contributed by atoms with E-state index in [2.05, 4.69) is 10.3 Å². The first-order valence-electron chi connectivity index (χ1n) is 7.47. The monoisotopic (exact) mass is 398 g/mol. The van der Waals surface area contributed by atoms with E-state index in [9.17, 15) is 18.0 Å². The van der Waals surface area contributed by atoms with Gasteiger partial charge in [0.05, 0.1) is 29.8 Å². The average molecular weight is 398 g/mol. The highest BCUT2D eigenvalue weighted by Crippen LogP contribution is 2.32. The molecule has 0 fully saturated rings. The van der Waals surface area contributed by atoms with Crippen LogP contribution in [-0.4, -0.2) is 22.8 Å². The first-order valence-corrected chi connectivity index (χ1v) is 9.34. The van der Waals surface area contributed by atoms with Gasteiger partial charge in [-0.15, -0.1) is 23.1 Å². The molecule has 9 heteroatoms. The molecule has 0 bridgehead atoms. The maximum absolute atomic E-state index is 12.4. The molecule has 2 heterocycles. The van der Waals surface area contributed by atoms with Gasteiger partial charge in [-0.05, 0) is 24.3 Å². The Labute approximate surface area is 155 Å². The van der Waals surface area contributed by atoms with Crippen LogP contribution in [0.1, 0.15) is 5.69 Å². The molecule has 2 aromatic heterocycles. The van der Waals surface area contributed by atoms with E-state index in [1.165, 1.54) is 11.3 Å². The molecule has 0 spiro atoms. The Hall–Kier alpha value is -2.26. The van der Waals surface area contributed by atoms with Gasteiger partial charge in [-0.3, -0.25) is 4.79 Å². The van der Waals surface area contributed by atoms with Crippen LogP contribution in [0.4, 0.5) is 18.9 Å². The number of halogens is 3. The third kappa shape index (κ3) is 5.12.